The van der Waals surface area contributed by atoms with Crippen molar-refractivity contribution in [2.24, 2.45) is 5.92 Å². The van der Waals surface area contributed by atoms with E-state index in [-0.39, 0.29) is 36.8 Å². The number of carbonyl (C=O) groups is 4. The van der Waals surface area contributed by atoms with Gasteiger partial charge in [-0.05, 0) is 47.4 Å². The molecule has 222 valence electrons. The van der Waals surface area contributed by atoms with Gasteiger partial charge in [0.25, 0.3) is 5.91 Å². The monoisotopic (exact) mass is 591 g/mol. The predicted octanol–water partition coefficient (Wildman–Crippen LogP) is 2.96. The van der Waals surface area contributed by atoms with Crippen molar-refractivity contribution in [2.75, 3.05) is 6.54 Å². The van der Waals surface area contributed by atoms with E-state index in [1.165, 1.54) is 18.2 Å². The minimum atomic E-state index is -1.16. The van der Waals surface area contributed by atoms with E-state index in [4.69, 9.17) is 0 Å². The lowest BCUT2D eigenvalue weighted by Crippen LogP contribution is -2.55. The van der Waals surface area contributed by atoms with E-state index in [9.17, 15) is 23.6 Å². The topological polar surface area (TPSA) is 129 Å². The van der Waals surface area contributed by atoms with Gasteiger partial charge in [-0.15, -0.1) is 0 Å². The van der Waals surface area contributed by atoms with Crippen LogP contribution < -0.4 is 21.3 Å². The van der Waals surface area contributed by atoms with E-state index in [1.807, 2.05) is 48.5 Å². The number of carbonyl (C=O) groups excluding carboxylic acids is 4. The number of hydrogen-bond acceptors (Lipinski definition) is 6. The van der Waals surface area contributed by atoms with Crippen LogP contribution in [0.2, 0.25) is 0 Å². The molecule has 1 saturated heterocycles. The van der Waals surface area contributed by atoms with Gasteiger partial charge in [-0.2, -0.15) is 0 Å². The van der Waals surface area contributed by atoms with E-state index in [2.05, 4.69) is 26.3 Å². The molecule has 2 heterocycles. The van der Waals surface area contributed by atoms with Crippen LogP contribution in [0.1, 0.15) is 28.0 Å². The highest BCUT2D eigenvalue weighted by Crippen LogP contribution is 2.31. The highest BCUT2D eigenvalue weighted by atomic mass is 19.1. The first-order valence-corrected chi connectivity index (χ1v) is 14.4. The SMILES string of the molecule is O=C(N[C@@H](Cc1cccc(F)c1)C(=O)N[C@H]1C[C@H]2C(=O)NCC2=C(NCc2ccccc2)C1=O)c1ccc2ccccc2n1. The smallest absolute Gasteiger partial charge is 0.270 e. The molecule has 44 heavy (non-hydrogen) atoms. The van der Waals surface area contributed by atoms with Gasteiger partial charge < -0.3 is 21.3 Å². The summed E-state index contributed by atoms with van der Waals surface area (Å²) in [5.74, 6) is -2.84. The van der Waals surface area contributed by atoms with E-state index >= 15 is 0 Å². The average molecular weight is 592 g/mol. The molecule has 0 bridgehead atoms. The number of rotatable bonds is 9. The van der Waals surface area contributed by atoms with Crippen molar-refractivity contribution in [3.63, 3.8) is 0 Å². The number of nitrogens with zero attached hydrogens (tertiary/aromatic N) is 1. The fraction of sp³-hybridized carbons (Fsp3) is 0.206. The molecule has 3 amide bonds. The molecular weight excluding hydrogens is 561 g/mol. The van der Waals surface area contributed by atoms with Gasteiger partial charge in [0.1, 0.15) is 17.6 Å². The molecular formula is C34H30FN5O4. The summed E-state index contributed by atoms with van der Waals surface area (Å²) < 4.78 is 14.0. The highest BCUT2D eigenvalue weighted by molar-refractivity contribution is 6.06. The Morgan fingerprint density at radius 2 is 1.70 bits per heavy atom. The number of nitrogens with one attached hydrogen (secondary N) is 4. The maximum Gasteiger partial charge on any atom is 0.270 e. The maximum atomic E-state index is 14.0. The number of Topliss-reactive ketones (excluding diaryl/α,β-unsaturated/α-hetero) is 1. The molecule has 4 N–H and O–H groups in total. The second kappa shape index (κ2) is 12.5. The Kier molecular flexibility index (Phi) is 8.14. The van der Waals surface area contributed by atoms with Crippen molar-refractivity contribution in [2.45, 2.75) is 31.5 Å². The molecule has 0 unspecified atom stereocenters. The lowest BCUT2D eigenvalue weighted by Gasteiger charge is -2.30. The van der Waals surface area contributed by atoms with Gasteiger partial charge in [0, 0.05) is 24.9 Å². The third-order valence-corrected chi connectivity index (χ3v) is 7.96. The molecule has 10 heteroatoms. The maximum absolute atomic E-state index is 14.0. The summed E-state index contributed by atoms with van der Waals surface area (Å²) in [6.07, 6.45) is 0.0586. The Hall–Kier alpha value is -5.38. The number of benzene rings is 3. The Balaban J connectivity index is 1.23. The number of fused-ring (bicyclic) bond motifs is 2. The molecule has 0 saturated carbocycles. The zero-order chi connectivity index (χ0) is 30.6. The van der Waals surface area contributed by atoms with Crippen molar-refractivity contribution < 1.29 is 23.6 Å². The molecule has 0 radical (unpaired) electrons. The molecule has 1 fully saturated rings. The standard InChI is InChI=1S/C34H30FN5O4/c35-23-11-6-9-21(15-23)16-29(40-33(43)27-14-13-22-10-4-5-12-26(22)38-27)34(44)39-28-17-24-25(19-37-32(24)42)30(31(28)41)36-18-20-7-2-1-3-8-20/h1-15,24,28-29,36H,16-19H2,(H,37,42)(H,39,44)(H,40,43)/t24-,28+,29+/m1/s1. The average Bonchev–Trinajstić information content (AvgIpc) is 3.40. The van der Waals surface area contributed by atoms with Crippen LogP contribution in [0.5, 0.6) is 0 Å². The highest BCUT2D eigenvalue weighted by Gasteiger charge is 2.43. The molecule has 2 aliphatic rings. The number of halogens is 1. The molecule has 1 aromatic heterocycles. The van der Waals surface area contributed by atoms with Crippen LogP contribution in [0.4, 0.5) is 4.39 Å². The Morgan fingerprint density at radius 3 is 2.52 bits per heavy atom. The summed E-state index contributed by atoms with van der Waals surface area (Å²) in [4.78, 5) is 57.9. The third-order valence-electron chi connectivity index (χ3n) is 7.96. The third kappa shape index (κ3) is 6.19. The minimum Gasteiger partial charge on any atom is -0.378 e. The molecule has 0 spiro atoms. The summed E-state index contributed by atoms with van der Waals surface area (Å²) >= 11 is 0. The van der Waals surface area contributed by atoms with Crippen molar-refractivity contribution in [1.82, 2.24) is 26.3 Å². The summed E-state index contributed by atoms with van der Waals surface area (Å²) in [5.41, 5.74) is 3.14. The van der Waals surface area contributed by atoms with Crippen molar-refractivity contribution in [1.29, 1.82) is 0 Å². The summed E-state index contributed by atoms with van der Waals surface area (Å²) in [6, 6.07) is 23.8. The Labute approximate surface area is 253 Å². The minimum absolute atomic E-state index is 0.0338. The summed E-state index contributed by atoms with van der Waals surface area (Å²) in [5, 5.41) is 12.4. The number of ketones is 1. The molecule has 9 nitrogen and oxygen atoms in total. The number of hydrogen-bond donors (Lipinski definition) is 4. The number of amides is 3. The lowest BCUT2D eigenvalue weighted by atomic mass is 9.83. The van der Waals surface area contributed by atoms with Crippen molar-refractivity contribution in [3.05, 3.63) is 125 Å². The van der Waals surface area contributed by atoms with Crippen LogP contribution in [0.3, 0.4) is 0 Å². The van der Waals surface area contributed by atoms with Crippen LogP contribution in [-0.4, -0.2) is 47.1 Å². The molecule has 4 aromatic rings. The van der Waals surface area contributed by atoms with Gasteiger partial charge in [0.2, 0.25) is 17.6 Å². The predicted molar refractivity (Wildman–Crippen MR) is 161 cm³/mol. The van der Waals surface area contributed by atoms with Crippen LogP contribution in [0.25, 0.3) is 10.9 Å². The van der Waals surface area contributed by atoms with E-state index in [0.717, 1.165) is 10.9 Å². The fourth-order valence-electron chi connectivity index (χ4n) is 5.69. The second-order valence-corrected chi connectivity index (χ2v) is 10.9. The Bertz CT molecular complexity index is 1790. The fourth-order valence-corrected chi connectivity index (χ4v) is 5.69. The molecule has 6 rings (SSSR count). The van der Waals surface area contributed by atoms with Gasteiger partial charge >= 0.3 is 0 Å². The second-order valence-electron chi connectivity index (χ2n) is 10.9. The van der Waals surface area contributed by atoms with Crippen molar-refractivity contribution in [3.8, 4) is 0 Å². The van der Waals surface area contributed by atoms with E-state index in [0.29, 0.717) is 28.9 Å². The molecule has 1 aliphatic heterocycles. The zero-order valence-corrected chi connectivity index (χ0v) is 23.7. The van der Waals surface area contributed by atoms with Gasteiger partial charge in [-0.3, -0.25) is 19.2 Å². The van der Waals surface area contributed by atoms with Crippen LogP contribution in [0, 0.1) is 11.7 Å². The zero-order valence-electron chi connectivity index (χ0n) is 23.7. The summed E-state index contributed by atoms with van der Waals surface area (Å²) in [7, 11) is 0. The molecule has 3 atom stereocenters. The normalized spacial score (nSPS) is 18.4. The largest absolute Gasteiger partial charge is 0.378 e. The first kappa shape index (κ1) is 28.7. The molecule has 3 aromatic carbocycles. The summed E-state index contributed by atoms with van der Waals surface area (Å²) in [6.45, 7) is 0.619. The lowest BCUT2D eigenvalue weighted by molar-refractivity contribution is -0.129. The van der Waals surface area contributed by atoms with Gasteiger partial charge in [0.15, 0.2) is 0 Å². The van der Waals surface area contributed by atoms with Gasteiger partial charge in [0.05, 0.1) is 23.2 Å². The first-order valence-electron chi connectivity index (χ1n) is 14.4. The number of aromatic nitrogens is 1. The van der Waals surface area contributed by atoms with Crippen LogP contribution >= 0.6 is 0 Å². The van der Waals surface area contributed by atoms with Gasteiger partial charge in [-0.25, -0.2) is 9.37 Å². The van der Waals surface area contributed by atoms with Crippen molar-refractivity contribution >= 4 is 34.4 Å². The van der Waals surface area contributed by atoms with E-state index in [1.54, 1.807) is 24.3 Å². The Morgan fingerprint density at radius 1 is 0.932 bits per heavy atom. The van der Waals surface area contributed by atoms with E-state index < -0.39 is 35.6 Å². The number of pyridine rings is 1. The van der Waals surface area contributed by atoms with Crippen LogP contribution in [0.15, 0.2) is 102 Å². The number of para-hydroxylation sites is 1. The molecule has 1 aliphatic carbocycles. The quantitative estimate of drug-likeness (QED) is 0.237. The van der Waals surface area contributed by atoms with Crippen LogP contribution in [-0.2, 0) is 27.3 Å². The van der Waals surface area contributed by atoms with Gasteiger partial charge in [-0.1, -0.05) is 66.7 Å². The first-order chi connectivity index (χ1) is 21.4.